The van der Waals surface area contributed by atoms with Gasteiger partial charge in [-0.25, -0.2) is 4.90 Å². The molecule has 4 aliphatic rings. The summed E-state index contributed by atoms with van der Waals surface area (Å²) >= 11 is 6.19. The fraction of sp³-hybridized carbons (Fsp3) is 0.207. The van der Waals surface area contributed by atoms with Crippen LogP contribution in [0.4, 0.5) is 5.69 Å². The summed E-state index contributed by atoms with van der Waals surface area (Å²) in [6.45, 7) is 2.04. The minimum atomic E-state index is -0.927. The number of rotatable bonds is 2. The lowest BCUT2D eigenvalue weighted by atomic mass is 9.64. The summed E-state index contributed by atoms with van der Waals surface area (Å²) in [5, 5.41) is 0.403. The third kappa shape index (κ3) is 3.23. The summed E-state index contributed by atoms with van der Waals surface area (Å²) in [5.41, 5.74) is 3.57. The molecule has 2 amide bonds. The molecular weight excluding hydrogens is 494 g/mol. The molecule has 3 aromatic rings. The molecule has 37 heavy (non-hydrogen) atoms. The Morgan fingerprint density at radius 1 is 0.865 bits per heavy atom. The quantitative estimate of drug-likeness (QED) is 0.275. The number of hydrogen-bond acceptors (Lipinski definition) is 6. The molecule has 0 N–H and O–H groups in total. The van der Waals surface area contributed by atoms with Crippen LogP contribution in [0.25, 0.3) is 5.57 Å². The van der Waals surface area contributed by atoms with E-state index in [9.17, 15) is 14.4 Å². The third-order valence-corrected chi connectivity index (χ3v) is 7.83. The van der Waals surface area contributed by atoms with Crippen molar-refractivity contribution in [2.45, 2.75) is 12.8 Å². The first-order valence-corrected chi connectivity index (χ1v) is 12.4. The monoisotopic (exact) mass is 513 g/mol. The van der Waals surface area contributed by atoms with Crippen molar-refractivity contribution in [3.05, 3.63) is 88.5 Å². The Kier molecular flexibility index (Phi) is 4.75. The van der Waals surface area contributed by atoms with E-state index >= 15 is 0 Å². The van der Waals surface area contributed by atoms with Crippen LogP contribution in [0.5, 0.6) is 17.2 Å². The number of amides is 2. The highest BCUT2D eigenvalue weighted by molar-refractivity contribution is 6.31. The molecule has 0 unspecified atom stereocenters. The fourth-order valence-corrected chi connectivity index (χ4v) is 6.17. The molecule has 1 fully saturated rings. The molecule has 7 nitrogen and oxygen atoms in total. The van der Waals surface area contributed by atoms with Crippen LogP contribution in [0.1, 0.15) is 22.6 Å². The van der Waals surface area contributed by atoms with Gasteiger partial charge in [-0.3, -0.25) is 14.4 Å². The van der Waals surface area contributed by atoms with Crippen LogP contribution in [0, 0.1) is 24.7 Å². The minimum Gasteiger partial charge on any atom is -0.454 e. The molecule has 0 saturated carbocycles. The Hall–Kier alpha value is -4.10. The summed E-state index contributed by atoms with van der Waals surface area (Å²) in [6.07, 6.45) is 1.95. The van der Waals surface area contributed by atoms with Crippen molar-refractivity contribution >= 4 is 40.6 Å². The van der Waals surface area contributed by atoms with Crippen LogP contribution in [0.15, 0.2) is 66.7 Å². The molecule has 184 valence electrons. The van der Waals surface area contributed by atoms with Gasteiger partial charge in [-0.2, -0.15) is 0 Å². The molecule has 7 rings (SSSR count). The van der Waals surface area contributed by atoms with Crippen molar-refractivity contribution in [2.75, 3.05) is 11.7 Å². The van der Waals surface area contributed by atoms with E-state index in [-0.39, 0.29) is 12.7 Å². The highest BCUT2D eigenvalue weighted by atomic mass is 35.5. The first-order chi connectivity index (χ1) is 17.9. The molecule has 8 heteroatoms. The fourth-order valence-electron chi connectivity index (χ4n) is 5.98. The second-order valence-corrected chi connectivity index (χ2v) is 10.1. The van der Waals surface area contributed by atoms with E-state index in [1.165, 1.54) is 0 Å². The zero-order chi connectivity index (χ0) is 25.4. The number of imide groups is 1. The Labute approximate surface area is 217 Å². The maximum absolute atomic E-state index is 14.0. The average Bonchev–Trinajstić information content (AvgIpc) is 3.45. The highest BCUT2D eigenvalue weighted by Gasteiger charge is 2.60. The van der Waals surface area contributed by atoms with Gasteiger partial charge in [0.1, 0.15) is 5.75 Å². The zero-order valence-electron chi connectivity index (χ0n) is 19.6. The Bertz CT molecular complexity index is 1560. The maximum Gasteiger partial charge on any atom is 0.319 e. The summed E-state index contributed by atoms with van der Waals surface area (Å²) in [4.78, 5) is 42.5. The van der Waals surface area contributed by atoms with E-state index in [2.05, 4.69) is 0 Å². The van der Waals surface area contributed by atoms with Gasteiger partial charge in [0.05, 0.1) is 23.4 Å². The van der Waals surface area contributed by atoms with Crippen molar-refractivity contribution in [2.24, 2.45) is 17.8 Å². The van der Waals surface area contributed by atoms with Crippen LogP contribution in [0.3, 0.4) is 0 Å². The molecule has 4 atom stereocenters. The number of esters is 1. The number of anilines is 1. The molecule has 1 saturated heterocycles. The van der Waals surface area contributed by atoms with Crippen molar-refractivity contribution in [3.63, 3.8) is 0 Å². The molecule has 0 bridgehead atoms. The highest BCUT2D eigenvalue weighted by Crippen LogP contribution is 2.55. The van der Waals surface area contributed by atoms with Gasteiger partial charge in [0.2, 0.25) is 18.6 Å². The zero-order valence-corrected chi connectivity index (χ0v) is 20.4. The number of benzene rings is 3. The molecule has 3 heterocycles. The number of carbonyl (C=O) groups excluding carboxylic acids is 3. The predicted molar refractivity (Wildman–Crippen MR) is 135 cm³/mol. The molecule has 3 aliphatic heterocycles. The number of allylic oxidation sites excluding steroid dienone is 1. The van der Waals surface area contributed by atoms with Gasteiger partial charge in [0.15, 0.2) is 11.5 Å². The molecule has 0 radical (unpaired) electrons. The molecule has 0 aromatic heterocycles. The second-order valence-electron chi connectivity index (χ2n) is 9.70. The van der Waals surface area contributed by atoms with E-state index in [4.69, 9.17) is 25.8 Å². The summed E-state index contributed by atoms with van der Waals surface area (Å²) in [5.74, 6) is -2.79. The van der Waals surface area contributed by atoms with Gasteiger partial charge in [-0.1, -0.05) is 41.9 Å². The van der Waals surface area contributed by atoms with E-state index in [1.54, 1.807) is 30.3 Å². The van der Waals surface area contributed by atoms with E-state index < -0.39 is 35.5 Å². The first kappa shape index (κ1) is 22.1. The number of fused-ring (bicyclic) bond motifs is 6. The van der Waals surface area contributed by atoms with Crippen molar-refractivity contribution in [1.29, 1.82) is 0 Å². The predicted octanol–water partition coefficient (Wildman–Crippen LogP) is 4.90. The van der Waals surface area contributed by atoms with Crippen LogP contribution in [0.2, 0.25) is 5.02 Å². The summed E-state index contributed by atoms with van der Waals surface area (Å²) < 4.78 is 16.8. The van der Waals surface area contributed by atoms with E-state index in [0.717, 1.165) is 21.6 Å². The van der Waals surface area contributed by atoms with Gasteiger partial charge in [-0.05, 0) is 60.0 Å². The smallest absolute Gasteiger partial charge is 0.319 e. The molecule has 0 spiro atoms. The molecule has 1 aliphatic carbocycles. The first-order valence-electron chi connectivity index (χ1n) is 12.0. The second kappa shape index (κ2) is 7.95. The van der Waals surface area contributed by atoms with Gasteiger partial charge in [0, 0.05) is 16.5 Å². The van der Waals surface area contributed by atoms with Crippen molar-refractivity contribution < 1.29 is 28.6 Å². The van der Waals surface area contributed by atoms with Crippen LogP contribution in [-0.4, -0.2) is 24.6 Å². The van der Waals surface area contributed by atoms with E-state index in [0.29, 0.717) is 33.5 Å². The van der Waals surface area contributed by atoms with Crippen molar-refractivity contribution in [1.82, 2.24) is 0 Å². The van der Waals surface area contributed by atoms with Gasteiger partial charge in [-0.15, -0.1) is 0 Å². The number of halogens is 1. The minimum absolute atomic E-state index is 0.122. The molecule has 3 aromatic carbocycles. The number of aryl methyl sites for hydroxylation is 1. The van der Waals surface area contributed by atoms with Crippen molar-refractivity contribution in [3.8, 4) is 17.2 Å². The summed E-state index contributed by atoms with van der Waals surface area (Å²) in [7, 11) is 0. The van der Waals surface area contributed by atoms with E-state index in [1.807, 2.05) is 43.3 Å². The maximum atomic E-state index is 14.0. The van der Waals surface area contributed by atoms with Crippen LogP contribution < -0.4 is 19.1 Å². The number of ether oxygens (including phenoxy) is 3. The van der Waals surface area contributed by atoms with Crippen LogP contribution in [-0.2, 0) is 14.4 Å². The van der Waals surface area contributed by atoms with Gasteiger partial charge in [0.25, 0.3) is 0 Å². The number of nitrogens with zero attached hydrogens (tertiary/aromatic N) is 1. The lowest BCUT2D eigenvalue weighted by Gasteiger charge is -2.38. The molecular formula is C29H20ClNO6. The van der Waals surface area contributed by atoms with Gasteiger partial charge < -0.3 is 14.2 Å². The SMILES string of the molecule is Cc1ccc2c(c1)OC(=O)[C@@H]1C2=C[C@H](c2ccc3c(c2)OCO3)[C@@H]2C(=O)N(c3cccc(Cl)c3)C(=O)[C@H]12. The van der Waals surface area contributed by atoms with Gasteiger partial charge >= 0.3 is 5.97 Å². The average molecular weight is 514 g/mol. The number of hydrogen-bond donors (Lipinski definition) is 0. The lowest BCUT2D eigenvalue weighted by Crippen LogP contribution is -2.42. The standard InChI is InChI=1S/C29H20ClNO6/c1-14-5-7-18-20-12-19(15-6-8-21-23(10-15)36-13-35-21)24-26(25(20)29(34)37-22(18)9-14)28(33)31(27(24)32)17-4-2-3-16(30)11-17/h2-12,19,24-26H,13H2,1H3/t19-,24+,25-,26+/m1/s1. The number of carbonyl (C=O) groups is 3. The topological polar surface area (TPSA) is 82.1 Å². The Morgan fingerprint density at radius 2 is 1.68 bits per heavy atom. The summed E-state index contributed by atoms with van der Waals surface area (Å²) in [6, 6.07) is 17.8. The largest absolute Gasteiger partial charge is 0.454 e. The normalized spacial score (nSPS) is 25.3. The lowest BCUT2D eigenvalue weighted by molar-refractivity contribution is -0.142. The Morgan fingerprint density at radius 3 is 2.51 bits per heavy atom. The third-order valence-electron chi connectivity index (χ3n) is 7.60. The Balaban J connectivity index is 1.43. The van der Waals surface area contributed by atoms with Crippen LogP contribution >= 0.6 is 11.6 Å².